The average molecular weight is 1560 g/mol. The molecule has 0 amide bonds. The summed E-state index contributed by atoms with van der Waals surface area (Å²) >= 11 is 0. The van der Waals surface area contributed by atoms with E-state index in [1.807, 2.05) is 0 Å². The molecule has 17 nitrogen and oxygen atoms in total. The molecule has 5 atom stereocenters. The highest BCUT2D eigenvalue weighted by Crippen LogP contribution is 2.45. The maximum Gasteiger partial charge on any atom is 0.472 e. The normalized spacial score (nSPS) is 13.7. The number of hydrogen-bond acceptors (Lipinski definition) is 15. The Kier molecular flexibility index (Phi) is 80.6. The Morgan fingerprint density at radius 2 is 0.374 bits per heavy atom. The van der Waals surface area contributed by atoms with Crippen LogP contribution in [0.4, 0.5) is 0 Å². The molecule has 0 saturated heterocycles. The van der Waals surface area contributed by atoms with Crippen LogP contribution in [0.5, 0.6) is 0 Å². The lowest BCUT2D eigenvalue weighted by Gasteiger charge is -2.21. The topological polar surface area (TPSA) is 237 Å². The largest absolute Gasteiger partial charge is 0.472 e. The quantitative estimate of drug-likeness (QED) is 0.0222. The van der Waals surface area contributed by atoms with Gasteiger partial charge in [0, 0.05) is 25.7 Å². The zero-order valence-electron chi connectivity index (χ0n) is 70.1. The third-order valence-electron chi connectivity index (χ3n) is 20.9. The van der Waals surface area contributed by atoms with Crippen molar-refractivity contribution in [3.8, 4) is 0 Å². The van der Waals surface area contributed by atoms with Gasteiger partial charge in [-0.05, 0) is 25.7 Å². The van der Waals surface area contributed by atoms with Gasteiger partial charge in [-0.25, -0.2) is 9.13 Å². The SMILES string of the molecule is CCCCCCCCCCCCCCCCCCCCCCCCC(=O)O[C@H](COC(=O)CCCCCCCCCCCCCCCCCCCCCC)COP(=O)(O)OC[C@@H](O)COP(=O)(O)OC[C@@H](COC(=O)CCCCCCC)OC(=O)CCCCCCCCCCCCCCCCCCCCCC. The average Bonchev–Trinajstić information content (AvgIpc) is 0.901. The lowest BCUT2D eigenvalue weighted by molar-refractivity contribution is -0.161. The number of carbonyl (C=O) groups is 4. The van der Waals surface area contributed by atoms with Crippen molar-refractivity contribution in [3.05, 3.63) is 0 Å². The highest BCUT2D eigenvalue weighted by atomic mass is 31.2. The van der Waals surface area contributed by atoms with Crippen molar-refractivity contribution in [1.82, 2.24) is 0 Å². The summed E-state index contributed by atoms with van der Waals surface area (Å²) in [6.45, 7) is 4.97. The standard InChI is InChI=1S/C88H172O17P2/c1-5-9-13-17-20-23-26-29-32-35-38-41-42-45-48-51-54-57-60-63-67-71-75-88(93)105-84(79-99-86(91)73-69-65-61-58-55-52-49-46-43-39-36-33-30-27-24-21-18-14-10-6-2)81-103-107(96,97)101-77-82(89)76-100-106(94,95)102-80-83(78-98-85(90)72-68-64-16-12-8-4)104-87(92)74-70-66-62-59-56-53-50-47-44-40-37-34-31-28-25-22-19-15-11-7-3/h82-84,89H,5-81H2,1-4H3,(H,94,95)(H,96,97)/t82-,83+,84+/m0/s1. The number of unbranched alkanes of at least 4 members (excludes halogenated alkanes) is 63. The van der Waals surface area contributed by atoms with E-state index in [1.54, 1.807) is 0 Å². The molecule has 3 N–H and O–H groups in total. The fraction of sp³-hybridized carbons (Fsp3) is 0.955. The van der Waals surface area contributed by atoms with Crippen molar-refractivity contribution in [3.63, 3.8) is 0 Å². The predicted molar refractivity (Wildman–Crippen MR) is 442 cm³/mol. The van der Waals surface area contributed by atoms with Crippen LogP contribution in [0.25, 0.3) is 0 Å². The van der Waals surface area contributed by atoms with E-state index < -0.39 is 97.5 Å². The van der Waals surface area contributed by atoms with E-state index in [4.69, 9.17) is 37.0 Å². The number of phosphoric acid groups is 2. The smallest absolute Gasteiger partial charge is 0.462 e. The lowest BCUT2D eigenvalue weighted by Crippen LogP contribution is -2.30. The third kappa shape index (κ3) is 81.9. The molecule has 0 radical (unpaired) electrons. The molecular weight excluding hydrogens is 1390 g/mol. The minimum Gasteiger partial charge on any atom is -0.462 e. The molecule has 0 aliphatic carbocycles. The van der Waals surface area contributed by atoms with E-state index in [1.165, 1.54) is 308 Å². The van der Waals surface area contributed by atoms with Crippen LogP contribution in [-0.4, -0.2) is 96.7 Å². The van der Waals surface area contributed by atoms with Gasteiger partial charge < -0.3 is 33.8 Å². The Morgan fingerprint density at radius 3 is 0.551 bits per heavy atom. The van der Waals surface area contributed by atoms with Gasteiger partial charge in [0.2, 0.25) is 0 Å². The molecule has 107 heavy (non-hydrogen) atoms. The number of aliphatic hydroxyl groups excluding tert-OH is 1. The molecule has 0 aromatic carbocycles. The number of carbonyl (C=O) groups excluding carboxylic acids is 4. The Labute approximate surface area is 658 Å². The maximum atomic E-state index is 13.1. The van der Waals surface area contributed by atoms with E-state index in [9.17, 15) is 43.2 Å². The molecule has 0 aliphatic rings. The molecule has 0 spiro atoms. The number of phosphoric ester groups is 2. The first-order chi connectivity index (χ1) is 52.2. The van der Waals surface area contributed by atoms with Crippen LogP contribution in [0, 0.1) is 0 Å². The molecule has 0 fully saturated rings. The van der Waals surface area contributed by atoms with Crippen molar-refractivity contribution in [1.29, 1.82) is 0 Å². The van der Waals surface area contributed by atoms with E-state index >= 15 is 0 Å². The Hall–Kier alpha value is -1.94. The van der Waals surface area contributed by atoms with Crippen LogP contribution in [0.15, 0.2) is 0 Å². The number of hydrogen-bond donors (Lipinski definition) is 3. The summed E-state index contributed by atoms with van der Waals surface area (Å²) in [6.07, 6.45) is 78.5. The van der Waals surface area contributed by atoms with Gasteiger partial charge in [0.05, 0.1) is 26.4 Å². The van der Waals surface area contributed by atoms with Gasteiger partial charge in [0.15, 0.2) is 12.2 Å². The number of esters is 4. The van der Waals surface area contributed by atoms with Gasteiger partial charge in [0.1, 0.15) is 19.3 Å². The first-order valence-electron chi connectivity index (χ1n) is 45.8. The summed E-state index contributed by atoms with van der Waals surface area (Å²) in [6, 6.07) is 0. The minimum atomic E-state index is -4.96. The van der Waals surface area contributed by atoms with Gasteiger partial charge in [0.25, 0.3) is 0 Å². The van der Waals surface area contributed by atoms with E-state index in [0.717, 1.165) is 96.3 Å². The van der Waals surface area contributed by atoms with Crippen molar-refractivity contribution in [2.24, 2.45) is 0 Å². The van der Waals surface area contributed by atoms with Crippen LogP contribution in [0.3, 0.4) is 0 Å². The van der Waals surface area contributed by atoms with Gasteiger partial charge in [-0.3, -0.25) is 37.3 Å². The van der Waals surface area contributed by atoms with E-state index in [-0.39, 0.29) is 25.7 Å². The van der Waals surface area contributed by atoms with Crippen LogP contribution in [-0.2, 0) is 65.4 Å². The third-order valence-corrected chi connectivity index (χ3v) is 22.8. The fourth-order valence-corrected chi connectivity index (χ4v) is 15.5. The summed E-state index contributed by atoms with van der Waals surface area (Å²) in [5.74, 6) is -2.11. The number of rotatable bonds is 89. The summed E-state index contributed by atoms with van der Waals surface area (Å²) in [7, 11) is -9.92. The fourth-order valence-electron chi connectivity index (χ4n) is 13.9. The first kappa shape index (κ1) is 105. The second-order valence-electron chi connectivity index (χ2n) is 31.6. The lowest BCUT2D eigenvalue weighted by atomic mass is 10.0. The van der Waals surface area contributed by atoms with Crippen molar-refractivity contribution < 1.29 is 80.2 Å². The van der Waals surface area contributed by atoms with Crippen LogP contribution >= 0.6 is 15.6 Å². The molecule has 0 aromatic heterocycles. The highest BCUT2D eigenvalue weighted by Gasteiger charge is 2.30. The van der Waals surface area contributed by atoms with Gasteiger partial charge in [-0.15, -0.1) is 0 Å². The summed E-state index contributed by atoms with van der Waals surface area (Å²) in [5, 5.41) is 10.6. The second-order valence-corrected chi connectivity index (χ2v) is 34.5. The highest BCUT2D eigenvalue weighted by molar-refractivity contribution is 7.47. The van der Waals surface area contributed by atoms with Crippen molar-refractivity contribution >= 4 is 39.5 Å². The molecule has 19 heteroatoms. The van der Waals surface area contributed by atoms with Crippen LogP contribution in [0.1, 0.15) is 484 Å². The predicted octanol–water partition coefficient (Wildman–Crippen LogP) is 27.3. The Balaban J connectivity index is 5.08. The Bertz CT molecular complexity index is 2020. The molecule has 0 aromatic rings. The molecular formula is C88H172O17P2. The van der Waals surface area contributed by atoms with Crippen molar-refractivity contribution in [2.45, 2.75) is 502 Å². The number of ether oxygens (including phenoxy) is 4. The first-order valence-corrected chi connectivity index (χ1v) is 48.8. The molecule has 2 unspecified atom stereocenters. The van der Waals surface area contributed by atoms with Crippen LogP contribution < -0.4 is 0 Å². The Morgan fingerprint density at radius 1 is 0.224 bits per heavy atom. The molecule has 0 rings (SSSR count). The number of aliphatic hydroxyl groups is 1. The van der Waals surface area contributed by atoms with E-state index in [2.05, 4.69) is 27.7 Å². The van der Waals surface area contributed by atoms with Crippen LogP contribution in [0.2, 0.25) is 0 Å². The maximum absolute atomic E-state index is 13.1. The summed E-state index contributed by atoms with van der Waals surface area (Å²) in [4.78, 5) is 73.0. The molecule has 0 aliphatic heterocycles. The second kappa shape index (κ2) is 82.1. The molecule has 0 saturated carbocycles. The zero-order chi connectivity index (χ0) is 78.1. The zero-order valence-corrected chi connectivity index (χ0v) is 71.9. The monoisotopic (exact) mass is 1560 g/mol. The summed E-state index contributed by atoms with van der Waals surface area (Å²) in [5.41, 5.74) is 0. The van der Waals surface area contributed by atoms with Crippen molar-refractivity contribution in [2.75, 3.05) is 39.6 Å². The van der Waals surface area contributed by atoms with Gasteiger partial charge in [-0.1, -0.05) is 432 Å². The van der Waals surface area contributed by atoms with E-state index in [0.29, 0.717) is 25.7 Å². The molecule has 636 valence electrons. The molecule has 0 bridgehead atoms. The minimum absolute atomic E-state index is 0.109. The molecule has 0 heterocycles. The van der Waals surface area contributed by atoms with Gasteiger partial charge >= 0.3 is 39.5 Å². The van der Waals surface area contributed by atoms with Gasteiger partial charge in [-0.2, -0.15) is 0 Å². The summed E-state index contributed by atoms with van der Waals surface area (Å²) < 4.78 is 68.7.